The summed E-state index contributed by atoms with van der Waals surface area (Å²) in [5.74, 6) is 0.888. The van der Waals surface area contributed by atoms with E-state index in [0.29, 0.717) is 11.8 Å². The molecule has 2 heteroatoms. The fourth-order valence-corrected chi connectivity index (χ4v) is 5.60. The number of rotatable bonds is 2. The van der Waals surface area contributed by atoms with Crippen molar-refractivity contribution in [3.8, 4) is 0 Å². The van der Waals surface area contributed by atoms with E-state index in [9.17, 15) is 9.90 Å². The highest BCUT2D eigenvalue weighted by Gasteiger charge is 2.57. The topological polar surface area (TPSA) is 37.3 Å². The van der Waals surface area contributed by atoms with Gasteiger partial charge in [-0.2, -0.15) is 0 Å². The van der Waals surface area contributed by atoms with E-state index < -0.39 is 11.4 Å². The Kier molecular flexibility index (Phi) is 3.78. The summed E-state index contributed by atoms with van der Waals surface area (Å²) in [4.78, 5) is 11.9. The van der Waals surface area contributed by atoms with Crippen LogP contribution in [0.3, 0.4) is 0 Å². The van der Waals surface area contributed by atoms with Crippen LogP contribution in [0.2, 0.25) is 0 Å². The molecule has 0 unspecified atom stereocenters. The molecular formula is C20H30O2. The molecule has 0 saturated heterocycles. The van der Waals surface area contributed by atoms with E-state index >= 15 is 0 Å². The second-order valence-corrected chi connectivity index (χ2v) is 8.54. The van der Waals surface area contributed by atoms with E-state index in [-0.39, 0.29) is 11.3 Å². The standard InChI is InChI=1S/C20H30O2/c1-13(2)14-6-8-16-15(12-14)7-9-17-19(16,3)10-5-11-20(17,4)18(21)22/h7,12-13,16-17H,5-6,8-11H2,1-4H3,(H,21,22)/t16-,17+,19-,20+/m0/s1. The molecule has 0 aromatic rings. The summed E-state index contributed by atoms with van der Waals surface area (Å²) in [6, 6.07) is 0. The zero-order valence-electron chi connectivity index (χ0n) is 14.5. The van der Waals surface area contributed by atoms with Crippen LogP contribution < -0.4 is 0 Å². The molecular weight excluding hydrogens is 272 g/mol. The Hall–Kier alpha value is -1.05. The number of carbonyl (C=O) groups is 1. The molecule has 4 atom stereocenters. The molecule has 3 aliphatic rings. The number of carboxylic acid groups (broad SMARTS) is 1. The van der Waals surface area contributed by atoms with E-state index in [4.69, 9.17) is 0 Å². The van der Waals surface area contributed by atoms with Gasteiger partial charge in [-0.1, -0.05) is 44.9 Å². The molecule has 122 valence electrons. The van der Waals surface area contributed by atoms with E-state index in [2.05, 4.69) is 32.9 Å². The molecule has 0 heterocycles. The lowest BCUT2D eigenvalue weighted by Crippen LogP contribution is -2.53. The second kappa shape index (κ2) is 5.25. The van der Waals surface area contributed by atoms with Crippen molar-refractivity contribution < 1.29 is 9.90 Å². The SMILES string of the molecule is CC(C)C1=CC2=CC[C@@H]3[C@@](C)(CCC[C@@]3(C)C(=O)O)[C@H]2CC1. The summed E-state index contributed by atoms with van der Waals surface area (Å²) in [6.45, 7) is 8.93. The number of fused-ring (bicyclic) bond motifs is 3. The lowest BCUT2D eigenvalue weighted by Gasteiger charge is -2.57. The van der Waals surface area contributed by atoms with Gasteiger partial charge in [-0.05, 0) is 67.8 Å². The number of hydrogen-bond acceptors (Lipinski definition) is 1. The van der Waals surface area contributed by atoms with Crippen molar-refractivity contribution in [2.45, 2.75) is 66.2 Å². The van der Waals surface area contributed by atoms with Gasteiger partial charge in [-0.15, -0.1) is 0 Å². The Morgan fingerprint density at radius 2 is 2.05 bits per heavy atom. The number of hydrogen-bond donors (Lipinski definition) is 1. The smallest absolute Gasteiger partial charge is 0.309 e. The molecule has 2 nitrogen and oxygen atoms in total. The van der Waals surface area contributed by atoms with Crippen LogP contribution in [0.15, 0.2) is 23.3 Å². The van der Waals surface area contributed by atoms with Crippen LogP contribution >= 0.6 is 0 Å². The van der Waals surface area contributed by atoms with E-state index in [1.165, 1.54) is 24.8 Å². The van der Waals surface area contributed by atoms with Crippen molar-refractivity contribution in [1.29, 1.82) is 0 Å². The van der Waals surface area contributed by atoms with Crippen LogP contribution in [0.5, 0.6) is 0 Å². The van der Waals surface area contributed by atoms with Crippen molar-refractivity contribution in [3.63, 3.8) is 0 Å². The van der Waals surface area contributed by atoms with Crippen LogP contribution in [0.25, 0.3) is 0 Å². The average Bonchev–Trinajstić information content (AvgIpc) is 2.46. The fourth-order valence-electron chi connectivity index (χ4n) is 5.60. The van der Waals surface area contributed by atoms with Gasteiger partial charge >= 0.3 is 5.97 Å². The van der Waals surface area contributed by atoms with Crippen LogP contribution in [0, 0.1) is 28.6 Å². The van der Waals surface area contributed by atoms with Crippen LogP contribution in [0.4, 0.5) is 0 Å². The van der Waals surface area contributed by atoms with E-state index in [1.54, 1.807) is 5.57 Å². The summed E-state index contributed by atoms with van der Waals surface area (Å²) in [6.07, 6.45) is 11.2. The predicted octanol–water partition coefficient (Wildman–Crippen LogP) is 5.21. The highest BCUT2D eigenvalue weighted by molar-refractivity contribution is 5.75. The highest BCUT2D eigenvalue weighted by atomic mass is 16.4. The zero-order valence-corrected chi connectivity index (χ0v) is 14.5. The Bertz CT molecular complexity index is 542. The Morgan fingerprint density at radius 1 is 1.32 bits per heavy atom. The summed E-state index contributed by atoms with van der Waals surface area (Å²) in [5, 5.41) is 9.83. The van der Waals surface area contributed by atoms with Gasteiger partial charge in [0.25, 0.3) is 0 Å². The molecule has 1 N–H and O–H groups in total. The molecule has 0 amide bonds. The molecule has 0 radical (unpaired) electrons. The Morgan fingerprint density at radius 3 is 2.68 bits per heavy atom. The lowest BCUT2D eigenvalue weighted by atomic mass is 9.47. The van der Waals surface area contributed by atoms with Gasteiger partial charge in [-0.3, -0.25) is 4.79 Å². The highest BCUT2D eigenvalue weighted by Crippen LogP contribution is 2.62. The van der Waals surface area contributed by atoms with Gasteiger partial charge < -0.3 is 5.11 Å². The molecule has 0 bridgehead atoms. The maximum absolute atomic E-state index is 11.9. The van der Waals surface area contributed by atoms with E-state index in [0.717, 1.165) is 19.3 Å². The average molecular weight is 302 g/mol. The summed E-state index contributed by atoms with van der Waals surface area (Å²) < 4.78 is 0. The van der Waals surface area contributed by atoms with Crippen LogP contribution in [0.1, 0.15) is 66.2 Å². The molecule has 3 rings (SSSR count). The molecule has 3 aliphatic carbocycles. The summed E-state index contributed by atoms with van der Waals surface area (Å²) in [7, 11) is 0. The first-order valence-electron chi connectivity index (χ1n) is 8.93. The van der Waals surface area contributed by atoms with Crippen LogP contribution in [-0.4, -0.2) is 11.1 Å². The third kappa shape index (κ3) is 2.18. The monoisotopic (exact) mass is 302 g/mol. The fraction of sp³-hybridized carbons (Fsp3) is 0.750. The number of allylic oxidation sites excluding steroid dienone is 4. The largest absolute Gasteiger partial charge is 0.481 e. The molecule has 1 saturated carbocycles. The maximum Gasteiger partial charge on any atom is 0.309 e. The summed E-state index contributed by atoms with van der Waals surface area (Å²) in [5.41, 5.74) is 2.69. The molecule has 0 spiro atoms. The van der Waals surface area contributed by atoms with Gasteiger partial charge in [0.15, 0.2) is 0 Å². The predicted molar refractivity (Wildman–Crippen MR) is 89.5 cm³/mol. The molecule has 0 aliphatic heterocycles. The normalized spacial score (nSPS) is 41.3. The van der Waals surface area contributed by atoms with Crippen molar-refractivity contribution in [1.82, 2.24) is 0 Å². The minimum absolute atomic E-state index is 0.161. The molecule has 22 heavy (non-hydrogen) atoms. The first kappa shape index (κ1) is 15.8. The molecule has 1 fully saturated rings. The van der Waals surface area contributed by atoms with Crippen molar-refractivity contribution >= 4 is 5.97 Å². The second-order valence-electron chi connectivity index (χ2n) is 8.54. The van der Waals surface area contributed by atoms with Gasteiger partial charge in [0.05, 0.1) is 5.41 Å². The minimum Gasteiger partial charge on any atom is -0.481 e. The quantitative estimate of drug-likeness (QED) is 0.760. The van der Waals surface area contributed by atoms with E-state index in [1.807, 2.05) is 6.92 Å². The van der Waals surface area contributed by atoms with Crippen molar-refractivity contribution in [2.24, 2.45) is 28.6 Å². The minimum atomic E-state index is -0.588. The number of aliphatic carboxylic acids is 1. The maximum atomic E-state index is 11.9. The molecule has 0 aromatic heterocycles. The van der Waals surface area contributed by atoms with Gasteiger partial charge in [0, 0.05) is 0 Å². The van der Waals surface area contributed by atoms with Gasteiger partial charge in [0.2, 0.25) is 0 Å². The first-order valence-corrected chi connectivity index (χ1v) is 8.93. The van der Waals surface area contributed by atoms with Gasteiger partial charge in [-0.25, -0.2) is 0 Å². The van der Waals surface area contributed by atoms with Gasteiger partial charge in [0.1, 0.15) is 0 Å². The Balaban J connectivity index is 2.00. The molecule has 0 aromatic carbocycles. The lowest BCUT2D eigenvalue weighted by molar-refractivity contribution is -0.162. The first-order chi connectivity index (χ1) is 10.3. The third-order valence-corrected chi connectivity index (χ3v) is 7.07. The Labute approximate surface area is 134 Å². The third-order valence-electron chi connectivity index (χ3n) is 7.07. The van der Waals surface area contributed by atoms with Crippen molar-refractivity contribution in [2.75, 3.05) is 0 Å². The zero-order chi connectivity index (χ0) is 16.1. The summed E-state index contributed by atoms with van der Waals surface area (Å²) >= 11 is 0. The van der Waals surface area contributed by atoms with Crippen molar-refractivity contribution in [3.05, 3.63) is 23.3 Å². The van der Waals surface area contributed by atoms with Crippen LogP contribution in [-0.2, 0) is 4.79 Å². The number of carboxylic acids is 1.